The van der Waals surface area contributed by atoms with E-state index in [-0.39, 0.29) is 11.8 Å². The Morgan fingerprint density at radius 3 is 3.04 bits per heavy atom. The molecular weight excluding hydrogens is 310 g/mol. The van der Waals surface area contributed by atoms with Gasteiger partial charge in [0.15, 0.2) is 5.82 Å². The van der Waals surface area contributed by atoms with E-state index >= 15 is 0 Å². The smallest absolute Gasteiger partial charge is 0.257 e. The van der Waals surface area contributed by atoms with Crippen LogP contribution in [0.2, 0.25) is 0 Å². The van der Waals surface area contributed by atoms with Crippen molar-refractivity contribution in [3.8, 4) is 0 Å². The van der Waals surface area contributed by atoms with E-state index in [9.17, 15) is 4.79 Å². The van der Waals surface area contributed by atoms with E-state index in [0.29, 0.717) is 42.0 Å². The summed E-state index contributed by atoms with van der Waals surface area (Å²) in [5.74, 6) is 2.75. The summed E-state index contributed by atoms with van der Waals surface area (Å²) in [5.41, 5.74) is 0.602. The molecule has 2 aromatic rings. The number of carbonyl (C=O) groups excluding carboxylic acids is 1. The van der Waals surface area contributed by atoms with Gasteiger partial charge in [-0.2, -0.15) is 4.98 Å². The number of furan rings is 1. The summed E-state index contributed by atoms with van der Waals surface area (Å²) in [6, 6.07) is 1.77. The van der Waals surface area contributed by atoms with Crippen LogP contribution in [-0.4, -0.2) is 41.1 Å². The summed E-state index contributed by atoms with van der Waals surface area (Å²) in [4.78, 5) is 19.1. The van der Waals surface area contributed by atoms with Crippen molar-refractivity contribution in [2.24, 2.45) is 0 Å². The average Bonchev–Trinajstić information content (AvgIpc) is 3.21. The maximum Gasteiger partial charge on any atom is 0.257 e. The summed E-state index contributed by atoms with van der Waals surface area (Å²) in [6.45, 7) is 5.48. The number of ether oxygens (including phenoxy) is 1. The fourth-order valence-electron chi connectivity index (χ4n) is 3.09. The lowest BCUT2D eigenvalue weighted by Gasteiger charge is -2.31. The number of hydrogen-bond acceptors (Lipinski definition) is 6. The Morgan fingerprint density at radius 2 is 2.33 bits per heavy atom. The molecule has 1 aliphatic rings. The van der Waals surface area contributed by atoms with Crippen LogP contribution in [0.3, 0.4) is 0 Å². The van der Waals surface area contributed by atoms with Gasteiger partial charge >= 0.3 is 0 Å². The van der Waals surface area contributed by atoms with E-state index < -0.39 is 0 Å². The molecule has 130 valence electrons. The number of methoxy groups -OCH3 is 1. The lowest BCUT2D eigenvalue weighted by molar-refractivity contribution is 0.0702. The van der Waals surface area contributed by atoms with Gasteiger partial charge in [0, 0.05) is 32.5 Å². The van der Waals surface area contributed by atoms with Crippen molar-refractivity contribution >= 4 is 5.91 Å². The van der Waals surface area contributed by atoms with E-state index in [1.54, 1.807) is 20.1 Å². The van der Waals surface area contributed by atoms with E-state index in [1.807, 2.05) is 11.8 Å². The molecule has 0 N–H and O–H groups in total. The Kier molecular flexibility index (Phi) is 4.99. The minimum atomic E-state index is -0.0116. The maximum absolute atomic E-state index is 12.8. The van der Waals surface area contributed by atoms with E-state index in [1.165, 1.54) is 0 Å². The molecule has 1 amide bonds. The van der Waals surface area contributed by atoms with E-state index in [0.717, 1.165) is 25.8 Å². The minimum absolute atomic E-state index is 0.0116. The molecule has 1 atom stereocenters. The molecule has 0 unspecified atom stereocenters. The van der Waals surface area contributed by atoms with Gasteiger partial charge in [-0.05, 0) is 25.8 Å². The Hall–Kier alpha value is -2.15. The molecule has 1 aliphatic heterocycles. The Morgan fingerprint density at radius 1 is 1.50 bits per heavy atom. The van der Waals surface area contributed by atoms with Gasteiger partial charge in [-0.15, -0.1) is 0 Å². The highest BCUT2D eigenvalue weighted by Crippen LogP contribution is 2.27. The van der Waals surface area contributed by atoms with Crippen LogP contribution in [0.1, 0.15) is 59.3 Å². The van der Waals surface area contributed by atoms with Crippen LogP contribution in [0.5, 0.6) is 0 Å². The quantitative estimate of drug-likeness (QED) is 0.837. The van der Waals surface area contributed by atoms with Crippen LogP contribution in [0.4, 0.5) is 0 Å². The van der Waals surface area contributed by atoms with E-state index in [4.69, 9.17) is 13.7 Å². The van der Waals surface area contributed by atoms with Gasteiger partial charge in [0.05, 0.1) is 5.56 Å². The fourth-order valence-corrected chi connectivity index (χ4v) is 3.09. The fraction of sp³-hybridized carbons (Fsp3) is 0.588. The van der Waals surface area contributed by atoms with Gasteiger partial charge in [-0.25, -0.2) is 0 Å². The second-order valence-corrected chi connectivity index (χ2v) is 6.11. The highest BCUT2D eigenvalue weighted by molar-refractivity contribution is 5.95. The minimum Gasteiger partial charge on any atom is -0.463 e. The number of aryl methyl sites for hydroxylation is 2. The second kappa shape index (κ2) is 7.17. The number of carbonyl (C=O) groups is 1. The molecule has 7 nitrogen and oxygen atoms in total. The molecule has 24 heavy (non-hydrogen) atoms. The predicted octanol–water partition coefficient (Wildman–Crippen LogP) is 2.70. The molecule has 0 spiro atoms. The number of aromatic nitrogens is 2. The average molecular weight is 333 g/mol. The molecule has 1 saturated heterocycles. The maximum atomic E-state index is 12.8. The van der Waals surface area contributed by atoms with Gasteiger partial charge in [0.2, 0.25) is 5.89 Å². The number of likely N-dealkylation sites (tertiary alicyclic amines) is 1. The molecule has 0 bridgehead atoms. The van der Waals surface area contributed by atoms with Gasteiger partial charge < -0.3 is 18.6 Å². The second-order valence-electron chi connectivity index (χ2n) is 6.11. The highest BCUT2D eigenvalue weighted by atomic mass is 16.5. The van der Waals surface area contributed by atoms with Crippen molar-refractivity contribution in [2.45, 2.75) is 45.6 Å². The van der Waals surface area contributed by atoms with Crippen LogP contribution in [0, 0.1) is 6.92 Å². The van der Waals surface area contributed by atoms with Crippen molar-refractivity contribution in [1.29, 1.82) is 0 Å². The first-order chi connectivity index (χ1) is 11.6. The summed E-state index contributed by atoms with van der Waals surface area (Å²) >= 11 is 0. The molecule has 1 fully saturated rings. The molecule has 2 aromatic heterocycles. The monoisotopic (exact) mass is 333 g/mol. The van der Waals surface area contributed by atoms with Crippen LogP contribution in [0.15, 0.2) is 15.0 Å². The summed E-state index contributed by atoms with van der Waals surface area (Å²) in [7, 11) is 1.60. The molecular formula is C17H23N3O4. The highest BCUT2D eigenvalue weighted by Gasteiger charge is 2.30. The van der Waals surface area contributed by atoms with E-state index in [2.05, 4.69) is 10.1 Å². The largest absolute Gasteiger partial charge is 0.463 e. The summed E-state index contributed by atoms with van der Waals surface area (Å²) < 4.78 is 15.9. The van der Waals surface area contributed by atoms with Gasteiger partial charge in [-0.3, -0.25) is 4.79 Å². The van der Waals surface area contributed by atoms with Crippen molar-refractivity contribution in [3.05, 3.63) is 34.9 Å². The first-order valence-corrected chi connectivity index (χ1v) is 8.32. The molecule has 3 heterocycles. The third-order valence-electron chi connectivity index (χ3n) is 4.35. The van der Waals surface area contributed by atoms with Crippen molar-refractivity contribution < 1.29 is 18.5 Å². The standard InChI is InChI=1S/C17H23N3O4/c1-4-15-18-16(19-24-15)12-6-5-7-20(9-12)17(21)14-8-13(10-22-3)23-11(14)2/h8,12H,4-7,9-10H2,1-3H3/t12-/m1/s1. The summed E-state index contributed by atoms with van der Waals surface area (Å²) in [6.07, 6.45) is 2.61. The van der Waals surface area contributed by atoms with Gasteiger partial charge in [-0.1, -0.05) is 12.1 Å². The number of amides is 1. The Labute approximate surface area is 141 Å². The molecule has 3 rings (SSSR count). The predicted molar refractivity (Wildman–Crippen MR) is 85.7 cm³/mol. The normalized spacial score (nSPS) is 18.1. The van der Waals surface area contributed by atoms with Crippen LogP contribution < -0.4 is 0 Å². The molecule has 0 radical (unpaired) electrons. The molecule has 7 heteroatoms. The van der Waals surface area contributed by atoms with Crippen LogP contribution >= 0.6 is 0 Å². The third kappa shape index (κ3) is 3.36. The lowest BCUT2D eigenvalue weighted by Crippen LogP contribution is -2.39. The number of rotatable bonds is 5. The van der Waals surface area contributed by atoms with Crippen LogP contribution in [0.25, 0.3) is 0 Å². The molecule has 0 aromatic carbocycles. The zero-order valence-corrected chi connectivity index (χ0v) is 14.4. The Bertz CT molecular complexity index is 707. The Balaban J connectivity index is 1.73. The number of piperidine rings is 1. The van der Waals surface area contributed by atoms with Gasteiger partial charge in [0.1, 0.15) is 18.1 Å². The zero-order chi connectivity index (χ0) is 17.1. The summed E-state index contributed by atoms with van der Waals surface area (Å²) in [5, 5.41) is 4.06. The zero-order valence-electron chi connectivity index (χ0n) is 14.4. The van der Waals surface area contributed by atoms with Crippen LogP contribution in [-0.2, 0) is 17.8 Å². The molecule has 0 aliphatic carbocycles. The first-order valence-electron chi connectivity index (χ1n) is 8.32. The SMILES string of the molecule is CCc1nc([C@@H]2CCCN(C(=O)c3cc(COC)oc3C)C2)no1. The number of hydrogen-bond donors (Lipinski definition) is 0. The van der Waals surface area contributed by atoms with Crippen molar-refractivity contribution in [3.63, 3.8) is 0 Å². The number of nitrogens with zero attached hydrogens (tertiary/aromatic N) is 3. The van der Waals surface area contributed by atoms with Gasteiger partial charge in [0.25, 0.3) is 5.91 Å². The van der Waals surface area contributed by atoms with Crippen molar-refractivity contribution in [2.75, 3.05) is 20.2 Å². The molecule has 0 saturated carbocycles. The lowest BCUT2D eigenvalue weighted by atomic mass is 9.96. The first kappa shape index (κ1) is 16.7. The topological polar surface area (TPSA) is 81.6 Å². The van der Waals surface area contributed by atoms with Crippen molar-refractivity contribution in [1.82, 2.24) is 15.0 Å². The third-order valence-corrected chi connectivity index (χ3v) is 4.35.